The molecule has 0 unspecified atom stereocenters. The van der Waals surface area contributed by atoms with Gasteiger partial charge in [0, 0.05) is 6.54 Å². The molecule has 0 aliphatic heterocycles. The van der Waals surface area contributed by atoms with Gasteiger partial charge in [0.1, 0.15) is 6.04 Å². The van der Waals surface area contributed by atoms with Gasteiger partial charge in [-0.25, -0.2) is 5.43 Å². The quantitative estimate of drug-likeness (QED) is 0.246. The number of hydrogen-bond donors (Lipinski definition) is 5. The van der Waals surface area contributed by atoms with Crippen LogP contribution in [0, 0.1) is 0 Å². The van der Waals surface area contributed by atoms with Crippen molar-refractivity contribution < 1.29 is 29.7 Å². The molecule has 8 nitrogen and oxygen atoms in total. The molecular formula is C7H12N2O6. The van der Waals surface area contributed by atoms with Crippen molar-refractivity contribution in [3.8, 4) is 0 Å². The fourth-order valence-corrected chi connectivity index (χ4v) is 0.740. The van der Waals surface area contributed by atoms with Gasteiger partial charge in [-0.1, -0.05) is 0 Å². The Bertz CT molecular complexity index is 254. The largest absolute Gasteiger partial charge is 0.481 e. The molecule has 0 bridgehead atoms. The van der Waals surface area contributed by atoms with E-state index in [1.165, 1.54) is 0 Å². The Hall–Kier alpha value is -1.67. The Labute approximate surface area is 84.9 Å². The highest BCUT2D eigenvalue weighted by Gasteiger charge is 2.19. The second kappa shape index (κ2) is 6.74. The van der Waals surface area contributed by atoms with E-state index >= 15 is 0 Å². The maximum Gasteiger partial charge on any atom is 0.322 e. The zero-order valence-corrected chi connectivity index (χ0v) is 7.77. The van der Waals surface area contributed by atoms with Crippen LogP contribution in [0.15, 0.2) is 0 Å². The van der Waals surface area contributed by atoms with E-state index in [1.807, 2.05) is 0 Å². The van der Waals surface area contributed by atoms with Gasteiger partial charge in [-0.15, -0.1) is 0 Å². The van der Waals surface area contributed by atoms with Crippen LogP contribution >= 0.6 is 0 Å². The summed E-state index contributed by atoms with van der Waals surface area (Å²) in [6.07, 6.45) is -0.776. The van der Waals surface area contributed by atoms with Gasteiger partial charge in [0.25, 0.3) is 0 Å². The summed E-state index contributed by atoms with van der Waals surface area (Å²) in [5.41, 5.74) is 4.54. The highest BCUT2D eigenvalue weighted by Crippen LogP contribution is 1.90. The van der Waals surface area contributed by atoms with Crippen LogP contribution in [0.25, 0.3) is 0 Å². The lowest BCUT2D eigenvalue weighted by molar-refractivity contribution is -0.146. The lowest BCUT2D eigenvalue weighted by Gasteiger charge is -2.12. The van der Waals surface area contributed by atoms with Crippen LogP contribution < -0.4 is 10.9 Å². The number of carboxylic acid groups (broad SMARTS) is 3. The highest BCUT2D eigenvalue weighted by atomic mass is 16.4. The number of carboxylic acids is 3. The molecule has 0 fully saturated rings. The summed E-state index contributed by atoms with van der Waals surface area (Å²) in [5.74, 6) is -3.61. The summed E-state index contributed by atoms with van der Waals surface area (Å²) in [4.78, 5) is 30.8. The van der Waals surface area contributed by atoms with Crippen LogP contribution in [-0.2, 0) is 14.4 Å². The first kappa shape index (κ1) is 13.3. The maximum absolute atomic E-state index is 10.5. The van der Waals surface area contributed by atoms with Crippen molar-refractivity contribution in [2.45, 2.75) is 18.9 Å². The second-order valence-corrected chi connectivity index (χ2v) is 2.70. The average molecular weight is 220 g/mol. The zero-order valence-electron chi connectivity index (χ0n) is 7.77. The van der Waals surface area contributed by atoms with Gasteiger partial charge in [-0.05, 0) is 0 Å². The third-order valence-electron chi connectivity index (χ3n) is 1.42. The van der Waals surface area contributed by atoms with Crippen LogP contribution in [0.1, 0.15) is 12.8 Å². The summed E-state index contributed by atoms with van der Waals surface area (Å²) < 4.78 is 0. The van der Waals surface area contributed by atoms with E-state index in [9.17, 15) is 14.4 Å². The van der Waals surface area contributed by atoms with Crippen LogP contribution in [0.3, 0.4) is 0 Å². The molecule has 86 valence electrons. The Morgan fingerprint density at radius 3 is 2.07 bits per heavy atom. The normalized spacial score (nSPS) is 12.0. The molecule has 8 heteroatoms. The minimum atomic E-state index is -1.32. The molecule has 0 aliphatic carbocycles. The number of carbonyl (C=O) groups is 3. The van der Waals surface area contributed by atoms with E-state index in [0.717, 1.165) is 0 Å². The molecule has 0 aliphatic rings. The molecule has 0 aromatic rings. The zero-order chi connectivity index (χ0) is 11.8. The number of nitrogens with one attached hydrogen (secondary N) is 2. The average Bonchev–Trinajstić information content (AvgIpc) is 2.08. The lowest BCUT2D eigenvalue weighted by Crippen LogP contribution is -2.47. The fourth-order valence-electron chi connectivity index (χ4n) is 0.740. The third kappa shape index (κ3) is 7.40. The highest BCUT2D eigenvalue weighted by molar-refractivity contribution is 5.80. The minimum Gasteiger partial charge on any atom is -0.481 e. The summed E-state index contributed by atoms with van der Waals surface area (Å²) in [7, 11) is 0. The number of rotatable bonds is 8. The van der Waals surface area contributed by atoms with Gasteiger partial charge in [0.2, 0.25) is 0 Å². The summed E-state index contributed by atoms with van der Waals surface area (Å²) >= 11 is 0. The molecule has 0 radical (unpaired) electrons. The van der Waals surface area contributed by atoms with Gasteiger partial charge in [0.15, 0.2) is 0 Å². The Morgan fingerprint density at radius 1 is 1.07 bits per heavy atom. The Morgan fingerprint density at radius 2 is 1.67 bits per heavy atom. The predicted molar refractivity (Wildman–Crippen MR) is 47.1 cm³/mol. The van der Waals surface area contributed by atoms with Crippen LogP contribution in [0.2, 0.25) is 0 Å². The van der Waals surface area contributed by atoms with Crippen LogP contribution in [-0.4, -0.2) is 45.8 Å². The summed E-state index contributed by atoms with van der Waals surface area (Å²) in [6.45, 7) is 0.0126. The van der Waals surface area contributed by atoms with Crippen LogP contribution in [0.5, 0.6) is 0 Å². The van der Waals surface area contributed by atoms with Crippen molar-refractivity contribution in [3.63, 3.8) is 0 Å². The van der Waals surface area contributed by atoms with Gasteiger partial charge in [-0.3, -0.25) is 19.8 Å². The van der Waals surface area contributed by atoms with E-state index in [4.69, 9.17) is 15.3 Å². The minimum absolute atomic E-state index is 0.0126. The number of hydrazine groups is 1. The molecular weight excluding hydrogens is 208 g/mol. The molecule has 0 aromatic heterocycles. The molecule has 5 N–H and O–H groups in total. The van der Waals surface area contributed by atoms with Crippen LogP contribution in [0.4, 0.5) is 0 Å². The lowest BCUT2D eigenvalue weighted by atomic mass is 10.2. The van der Waals surface area contributed by atoms with Crippen molar-refractivity contribution in [1.29, 1.82) is 0 Å². The van der Waals surface area contributed by atoms with E-state index in [1.54, 1.807) is 0 Å². The predicted octanol–water partition coefficient (Wildman–Crippen LogP) is -1.52. The van der Waals surface area contributed by atoms with Crippen molar-refractivity contribution in [1.82, 2.24) is 10.9 Å². The van der Waals surface area contributed by atoms with Gasteiger partial charge < -0.3 is 15.3 Å². The first-order valence-electron chi connectivity index (χ1n) is 4.08. The van der Waals surface area contributed by atoms with Crippen molar-refractivity contribution >= 4 is 17.9 Å². The van der Waals surface area contributed by atoms with Crippen molar-refractivity contribution in [2.24, 2.45) is 0 Å². The third-order valence-corrected chi connectivity index (χ3v) is 1.42. The van der Waals surface area contributed by atoms with Crippen molar-refractivity contribution in [3.05, 3.63) is 0 Å². The first-order valence-corrected chi connectivity index (χ1v) is 4.08. The molecule has 1 atom stereocenters. The topological polar surface area (TPSA) is 136 Å². The second-order valence-electron chi connectivity index (χ2n) is 2.70. The molecule has 0 saturated carbocycles. The molecule has 0 amide bonds. The number of hydrogen-bond acceptors (Lipinski definition) is 5. The molecule has 0 rings (SSSR count). The van der Waals surface area contributed by atoms with Gasteiger partial charge in [0.05, 0.1) is 12.8 Å². The van der Waals surface area contributed by atoms with E-state index in [0.29, 0.717) is 0 Å². The Kier molecular flexibility index (Phi) is 5.99. The fraction of sp³-hybridized carbons (Fsp3) is 0.571. The monoisotopic (exact) mass is 220 g/mol. The molecule has 0 spiro atoms. The molecule has 0 heterocycles. The van der Waals surface area contributed by atoms with E-state index < -0.39 is 30.4 Å². The van der Waals surface area contributed by atoms with Crippen molar-refractivity contribution in [2.75, 3.05) is 6.54 Å². The maximum atomic E-state index is 10.5. The standard InChI is InChI=1S/C7H12N2O6/c10-5(11)1-2-8-9-4(7(14)15)3-6(12)13/h4,8-9H,1-3H2,(H,10,11)(H,12,13)(H,14,15)/t4-/m0/s1. The summed E-state index contributed by atoms with van der Waals surface area (Å²) in [6, 6.07) is -1.28. The van der Waals surface area contributed by atoms with E-state index in [2.05, 4.69) is 10.9 Å². The van der Waals surface area contributed by atoms with Gasteiger partial charge in [-0.2, -0.15) is 0 Å². The molecule has 0 saturated heterocycles. The molecule has 15 heavy (non-hydrogen) atoms. The molecule has 0 aromatic carbocycles. The van der Waals surface area contributed by atoms with E-state index in [-0.39, 0.29) is 13.0 Å². The first-order chi connectivity index (χ1) is 6.93. The summed E-state index contributed by atoms with van der Waals surface area (Å²) in [5, 5.41) is 25.2. The number of aliphatic carboxylic acids is 3. The SMILES string of the molecule is O=C(O)CCNN[C@@H](CC(=O)O)C(=O)O. The Balaban J connectivity index is 3.81. The smallest absolute Gasteiger partial charge is 0.322 e. The van der Waals surface area contributed by atoms with Gasteiger partial charge >= 0.3 is 17.9 Å².